The molecule has 1 unspecified atom stereocenters. The molecule has 0 fully saturated rings. The van der Waals surface area contributed by atoms with E-state index < -0.39 is 24.3 Å². The fraction of sp³-hybridized carbons (Fsp3) is 0.471. The van der Waals surface area contributed by atoms with Crippen molar-refractivity contribution in [2.45, 2.75) is 45.8 Å². The van der Waals surface area contributed by atoms with E-state index in [1.165, 1.54) is 6.92 Å². The summed E-state index contributed by atoms with van der Waals surface area (Å²) in [5, 5.41) is 3.05. The van der Waals surface area contributed by atoms with E-state index in [0.717, 1.165) is 0 Å². The van der Waals surface area contributed by atoms with Crippen LogP contribution in [-0.4, -0.2) is 60.4 Å². The van der Waals surface area contributed by atoms with Gasteiger partial charge in [-0.25, -0.2) is 4.79 Å². The predicted octanol–water partition coefficient (Wildman–Crippen LogP) is 2.79. The number of carbonyl (C=O) groups excluding carboxylic acids is 3. The number of nitrogens with one attached hydrogen (secondary N) is 1. The van der Waals surface area contributed by atoms with Crippen molar-refractivity contribution in [2.24, 2.45) is 0 Å². The van der Waals surface area contributed by atoms with Crippen molar-refractivity contribution < 1.29 is 28.6 Å². The van der Waals surface area contributed by atoms with Crippen molar-refractivity contribution in [2.75, 3.05) is 6.54 Å². The molecule has 1 atom stereocenters. The number of carbonyl (C=O) groups is 3. The summed E-state index contributed by atoms with van der Waals surface area (Å²) in [4.78, 5) is 34.2. The second kappa shape index (κ2) is 13.9. The maximum absolute atomic E-state index is 11.7. The first-order chi connectivity index (χ1) is 11.9. The van der Waals surface area contributed by atoms with Gasteiger partial charge in [-0.1, -0.05) is 18.5 Å². The van der Waals surface area contributed by atoms with Gasteiger partial charge in [0.05, 0.1) is 0 Å². The SMILES string of the molecule is CCCC(OC(C)=O)OC(=O)NCCCC(=O)Oc1ccc(Cl)cc1.[NaH]. The number of hydrogen-bond acceptors (Lipinski definition) is 6. The van der Waals surface area contributed by atoms with Crippen molar-refractivity contribution in [1.82, 2.24) is 5.32 Å². The second-order valence-electron chi connectivity index (χ2n) is 5.19. The fourth-order valence-electron chi connectivity index (χ4n) is 1.83. The van der Waals surface area contributed by atoms with Crippen LogP contribution in [0.3, 0.4) is 0 Å². The zero-order chi connectivity index (χ0) is 18.7. The summed E-state index contributed by atoms with van der Waals surface area (Å²) >= 11 is 5.74. The van der Waals surface area contributed by atoms with Crippen LogP contribution >= 0.6 is 11.6 Å². The van der Waals surface area contributed by atoms with E-state index in [2.05, 4.69) is 5.32 Å². The zero-order valence-electron chi connectivity index (χ0n) is 14.2. The third kappa shape index (κ3) is 11.4. The number of halogens is 1. The van der Waals surface area contributed by atoms with Crippen molar-refractivity contribution in [3.05, 3.63) is 29.3 Å². The van der Waals surface area contributed by atoms with E-state index in [0.29, 0.717) is 30.0 Å². The summed E-state index contributed by atoms with van der Waals surface area (Å²) in [7, 11) is 0. The standard InChI is InChI=1S/C17H22ClNO6.Na.H/c1-3-5-16(23-12(2)20)25-17(22)19-11-4-6-15(21)24-14-9-7-13(18)8-10-14;;/h7-10,16H,3-6,11H2,1-2H3,(H,19,22);;. The topological polar surface area (TPSA) is 90.9 Å². The van der Waals surface area contributed by atoms with E-state index in [1.807, 2.05) is 6.92 Å². The van der Waals surface area contributed by atoms with Crippen LogP contribution < -0.4 is 10.1 Å². The molecule has 1 amide bonds. The van der Waals surface area contributed by atoms with E-state index in [-0.39, 0.29) is 42.5 Å². The number of benzene rings is 1. The molecule has 0 aromatic heterocycles. The van der Waals surface area contributed by atoms with Gasteiger partial charge >= 0.3 is 47.6 Å². The normalized spacial score (nSPS) is 10.9. The molecule has 1 rings (SSSR count). The molecule has 1 N–H and O–H groups in total. The van der Waals surface area contributed by atoms with Gasteiger partial charge in [0.25, 0.3) is 0 Å². The second-order valence-corrected chi connectivity index (χ2v) is 5.63. The average Bonchev–Trinajstić information content (AvgIpc) is 2.53. The Kier molecular flexibility index (Phi) is 13.2. The number of alkyl carbamates (subject to hydrolysis) is 1. The number of esters is 2. The summed E-state index contributed by atoms with van der Waals surface area (Å²) in [5.41, 5.74) is 0. The van der Waals surface area contributed by atoms with Crippen LogP contribution in [-0.2, 0) is 19.1 Å². The number of hydrogen-bond donors (Lipinski definition) is 1. The molecule has 0 bridgehead atoms. The first-order valence-electron chi connectivity index (χ1n) is 7.98. The minimum absolute atomic E-state index is 0. The third-order valence-corrected chi connectivity index (χ3v) is 3.18. The molecular weight excluding hydrogens is 373 g/mol. The Bertz CT molecular complexity index is 581. The molecule has 0 heterocycles. The molecule has 9 heteroatoms. The molecule has 0 aliphatic rings. The van der Waals surface area contributed by atoms with Gasteiger partial charge in [-0.05, 0) is 37.1 Å². The molecule has 0 spiro atoms. The monoisotopic (exact) mass is 395 g/mol. The van der Waals surface area contributed by atoms with Gasteiger partial charge in [0.15, 0.2) is 0 Å². The summed E-state index contributed by atoms with van der Waals surface area (Å²) in [5.74, 6) is -0.525. The molecule has 1 aromatic carbocycles. The van der Waals surface area contributed by atoms with Gasteiger partial charge in [-0.3, -0.25) is 9.59 Å². The fourth-order valence-corrected chi connectivity index (χ4v) is 1.96. The van der Waals surface area contributed by atoms with Gasteiger partial charge in [-0.2, -0.15) is 0 Å². The Morgan fingerprint density at radius 2 is 1.81 bits per heavy atom. The maximum atomic E-state index is 11.7. The molecule has 7 nitrogen and oxygen atoms in total. The number of amides is 1. The van der Waals surface area contributed by atoms with Gasteiger partial charge < -0.3 is 19.5 Å². The zero-order valence-corrected chi connectivity index (χ0v) is 15.0. The molecule has 140 valence electrons. The third-order valence-electron chi connectivity index (χ3n) is 2.93. The van der Waals surface area contributed by atoms with Crippen LogP contribution in [0.25, 0.3) is 0 Å². The summed E-state index contributed by atoms with van der Waals surface area (Å²) < 4.78 is 15.0. The Hall–Kier alpha value is -1.28. The van der Waals surface area contributed by atoms with Crippen molar-refractivity contribution in [1.29, 1.82) is 0 Å². The molecule has 1 aromatic rings. The van der Waals surface area contributed by atoms with Gasteiger partial charge in [0, 0.05) is 31.3 Å². The quantitative estimate of drug-likeness (QED) is 0.227. The Morgan fingerprint density at radius 1 is 1.15 bits per heavy atom. The molecule has 0 aliphatic carbocycles. The Labute approximate surface area is 180 Å². The van der Waals surface area contributed by atoms with Crippen LogP contribution in [0.2, 0.25) is 5.02 Å². The van der Waals surface area contributed by atoms with Gasteiger partial charge in [0.2, 0.25) is 6.29 Å². The Balaban J connectivity index is 0.00000625. The van der Waals surface area contributed by atoms with E-state index in [4.69, 9.17) is 25.8 Å². The van der Waals surface area contributed by atoms with Crippen LogP contribution in [0.1, 0.15) is 39.5 Å². The first kappa shape index (κ1) is 24.7. The summed E-state index contributed by atoms with van der Waals surface area (Å²) in [6.07, 6.45) is 0.0177. The van der Waals surface area contributed by atoms with E-state index >= 15 is 0 Å². The molecular formula is C17H23ClNNaO6. The molecule has 0 saturated carbocycles. The van der Waals surface area contributed by atoms with E-state index in [1.54, 1.807) is 24.3 Å². The molecule has 0 radical (unpaired) electrons. The Morgan fingerprint density at radius 3 is 2.38 bits per heavy atom. The average molecular weight is 396 g/mol. The van der Waals surface area contributed by atoms with Gasteiger partial charge in [-0.15, -0.1) is 0 Å². The molecule has 0 saturated heterocycles. The minimum atomic E-state index is -0.905. The van der Waals surface area contributed by atoms with Crippen LogP contribution in [0, 0.1) is 0 Å². The van der Waals surface area contributed by atoms with E-state index in [9.17, 15) is 14.4 Å². The first-order valence-corrected chi connectivity index (χ1v) is 8.36. The van der Waals surface area contributed by atoms with Crippen LogP contribution in [0.15, 0.2) is 24.3 Å². The molecule has 26 heavy (non-hydrogen) atoms. The van der Waals surface area contributed by atoms with Crippen LogP contribution in [0.5, 0.6) is 5.75 Å². The molecule has 0 aliphatic heterocycles. The number of rotatable bonds is 9. The van der Waals surface area contributed by atoms with Crippen molar-refractivity contribution in [3.8, 4) is 5.75 Å². The van der Waals surface area contributed by atoms with Crippen molar-refractivity contribution >= 4 is 59.2 Å². The summed E-state index contributed by atoms with van der Waals surface area (Å²) in [6.45, 7) is 3.35. The van der Waals surface area contributed by atoms with Crippen LogP contribution in [0.4, 0.5) is 4.79 Å². The summed E-state index contributed by atoms with van der Waals surface area (Å²) in [6, 6.07) is 6.44. The predicted molar refractivity (Wildman–Crippen MR) is 98.4 cm³/mol. The number of ether oxygens (including phenoxy) is 3. The van der Waals surface area contributed by atoms with Gasteiger partial charge in [0.1, 0.15) is 5.75 Å². The van der Waals surface area contributed by atoms with Crippen molar-refractivity contribution in [3.63, 3.8) is 0 Å².